The van der Waals surface area contributed by atoms with Crippen molar-refractivity contribution in [2.24, 2.45) is 0 Å². The Bertz CT molecular complexity index is 641. The van der Waals surface area contributed by atoms with Crippen LogP contribution in [0, 0.1) is 10.1 Å². The predicted molar refractivity (Wildman–Crippen MR) is 63.1 cm³/mol. The Labute approximate surface area is 103 Å². The molecule has 1 aromatic heterocycles. The second kappa shape index (κ2) is 4.10. The highest BCUT2D eigenvalue weighted by molar-refractivity contribution is 9.10. The maximum absolute atomic E-state index is 11.0. The molecule has 0 spiro atoms. The van der Waals surface area contributed by atoms with Crippen molar-refractivity contribution in [3.63, 3.8) is 0 Å². The van der Waals surface area contributed by atoms with Gasteiger partial charge in [0.2, 0.25) is 0 Å². The van der Waals surface area contributed by atoms with E-state index in [9.17, 15) is 14.9 Å². The summed E-state index contributed by atoms with van der Waals surface area (Å²) >= 11 is 3.11. The lowest BCUT2D eigenvalue weighted by atomic mass is 10.1. The van der Waals surface area contributed by atoms with Crippen LogP contribution in [-0.2, 0) is 0 Å². The molecule has 1 heterocycles. The van der Waals surface area contributed by atoms with Crippen LogP contribution in [-0.4, -0.2) is 21.0 Å². The van der Waals surface area contributed by atoms with Crippen LogP contribution in [0.2, 0.25) is 0 Å². The van der Waals surface area contributed by atoms with Crippen molar-refractivity contribution in [3.8, 4) is 0 Å². The SMILES string of the molecule is O=C(O)c1nccc2c([N+](=O)[O-])cc(Br)cc12. The van der Waals surface area contributed by atoms with Crippen molar-refractivity contribution in [1.29, 1.82) is 0 Å². The molecule has 6 nitrogen and oxygen atoms in total. The number of carboxylic acid groups (broad SMARTS) is 1. The molecule has 0 radical (unpaired) electrons. The maximum atomic E-state index is 11.0. The van der Waals surface area contributed by atoms with Gasteiger partial charge in [-0.15, -0.1) is 0 Å². The number of hydrogen-bond donors (Lipinski definition) is 1. The van der Waals surface area contributed by atoms with Gasteiger partial charge in [-0.25, -0.2) is 9.78 Å². The van der Waals surface area contributed by atoms with Gasteiger partial charge in [0, 0.05) is 22.1 Å². The average molecular weight is 297 g/mol. The summed E-state index contributed by atoms with van der Waals surface area (Å²) in [6.07, 6.45) is 1.24. The minimum Gasteiger partial charge on any atom is -0.476 e. The number of nitrogens with zero attached hydrogens (tertiary/aromatic N) is 2. The fourth-order valence-electron chi connectivity index (χ4n) is 1.55. The first kappa shape index (κ1) is 11.5. The first-order valence-corrected chi connectivity index (χ1v) is 5.26. The molecular weight excluding hydrogens is 292 g/mol. The van der Waals surface area contributed by atoms with E-state index >= 15 is 0 Å². The van der Waals surface area contributed by atoms with Crippen LogP contribution in [0.15, 0.2) is 28.9 Å². The number of carboxylic acids is 1. The topological polar surface area (TPSA) is 93.3 Å². The molecule has 0 fully saturated rings. The van der Waals surface area contributed by atoms with Gasteiger partial charge in [-0.3, -0.25) is 10.1 Å². The third-order valence-corrected chi connectivity index (χ3v) is 2.68. The first-order valence-electron chi connectivity index (χ1n) is 4.46. The Morgan fingerprint density at radius 2 is 2.12 bits per heavy atom. The Balaban J connectivity index is 2.92. The normalized spacial score (nSPS) is 10.4. The quantitative estimate of drug-likeness (QED) is 0.679. The maximum Gasteiger partial charge on any atom is 0.355 e. The van der Waals surface area contributed by atoms with Gasteiger partial charge in [0.05, 0.1) is 10.3 Å². The Kier molecular flexibility index (Phi) is 2.76. The molecule has 0 saturated heterocycles. The van der Waals surface area contributed by atoms with Crippen LogP contribution in [0.4, 0.5) is 5.69 Å². The predicted octanol–water partition coefficient (Wildman–Crippen LogP) is 2.60. The van der Waals surface area contributed by atoms with E-state index in [0.29, 0.717) is 4.47 Å². The molecule has 2 rings (SSSR count). The summed E-state index contributed by atoms with van der Waals surface area (Å²) in [5.74, 6) is -1.22. The zero-order valence-electron chi connectivity index (χ0n) is 8.25. The van der Waals surface area contributed by atoms with E-state index < -0.39 is 10.9 Å². The molecule has 1 N–H and O–H groups in total. The number of carbonyl (C=O) groups is 1. The van der Waals surface area contributed by atoms with E-state index in [1.807, 2.05) is 0 Å². The van der Waals surface area contributed by atoms with Crippen LogP contribution >= 0.6 is 15.9 Å². The van der Waals surface area contributed by atoms with E-state index in [4.69, 9.17) is 5.11 Å². The second-order valence-corrected chi connectivity index (χ2v) is 4.16. The standard InChI is InChI=1S/C10H5BrN2O4/c11-5-3-7-6(8(4-5)13(16)17)1-2-12-9(7)10(14)15/h1-4H,(H,14,15). The van der Waals surface area contributed by atoms with Crippen LogP contribution in [0.5, 0.6) is 0 Å². The molecule has 0 aliphatic carbocycles. The molecule has 0 bridgehead atoms. The number of hydrogen-bond acceptors (Lipinski definition) is 4. The van der Waals surface area contributed by atoms with Gasteiger partial charge < -0.3 is 5.11 Å². The van der Waals surface area contributed by atoms with E-state index in [-0.39, 0.29) is 22.2 Å². The third-order valence-electron chi connectivity index (χ3n) is 2.22. The zero-order valence-corrected chi connectivity index (χ0v) is 9.84. The van der Waals surface area contributed by atoms with Crippen molar-refractivity contribution >= 4 is 38.4 Å². The largest absolute Gasteiger partial charge is 0.476 e. The monoisotopic (exact) mass is 296 g/mol. The number of non-ortho nitro benzene ring substituents is 1. The minimum absolute atomic E-state index is 0.153. The van der Waals surface area contributed by atoms with Crippen LogP contribution in [0.3, 0.4) is 0 Å². The molecule has 0 amide bonds. The van der Waals surface area contributed by atoms with E-state index in [1.165, 1.54) is 24.4 Å². The number of halogens is 1. The van der Waals surface area contributed by atoms with Gasteiger partial charge in [-0.1, -0.05) is 15.9 Å². The zero-order chi connectivity index (χ0) is 12.6. The number of nitro benzene ring substituents is 1. The van der Waals surface area contributed by atoms with Crippen LogP contribution < -0.4 is 0 Å². The summed E-state index contributed by atoms with van der Waals surface area (Å²) in [5.41, 5.74) is -0.355. The fraction of sp³-hybridized carbons (Fsp3) is 0. The summed E-state index contributed by atoms with van der Waals surface area (Å²) in [4.78, 5) is 25.0. The number of benzene rings is 1. The van der Waals surface area contributed by atoms with Crippen molar-refractivity contribution in [2.45, 2.75) is 0 Å². The summed E-state index contributed by atoms with van der Waals surface area (Å²) < 4.78 is 0.437. The highest BCUT2D eigenvalue weighted by Gasteiger charge is 2.18. The molecule has 0 aliphatic rings. The Morgan fingerprint density at radius 3 is 2.71 bits per heavy atom. The molecule has 7 heteroatoms. The molecule has 17 heavy (non-hydrogen) atoms. The van der Waals surface area contributed by atoms with Crippen molar-refractivity contribution in [2.75, 3.05) is 0 Å². The molecule has 86 valence electrons. The number of pyridine rings is 1. The van der Waals surface area contributed by atoms with Crippen LogP contribution in [0.25, 0.3) is 10.8 Å². The van der Waals surface area contributed by atoms with Gasteiger partial charge in [-0.05, 0) is 12.1 Å². The van der Waals surface area contributed by atoms with E-state index in [0.717, 1.165) is 0 Å². The Hall–Kier alpha value is -2.02. The molecule has 2 aromatic rings. The molecule has 0 atom stereocenters. The number of rotatable bonds is 2. The molecule has 0 unspecified atom stereocenters. The number of aromatic nitrogens is 1. The second-order valence-electron chi connectivity index (χ2n) is 3.24. The first-order chi connectivity index (χ1) is 8.00. The lowest BCUT2D eigenvalue weighted by Crippen LogP contribution is -2.02. The lowest BCUT2D eigenvalue weighted by Gasteiger charge is -2.03. The van der Waals surface area contributed by atoms with Gasteiger partial charge >= 0.3 is 5.97 Å². The minimum atomic E-state index is -1.22. The molecule has 0 aliphatic heterocycles. The summed E-state index contributed by atoms with van der Waals surface area (Å²) in [7, 11) is 0. The van der Waals surface area contributed by atoms with Gasteiger partial charge in [0.25, 0.3) is 5.69 Å². The smallest absolute Gasteiger partial charge is 0.355 e. The number of nitro groups is 1. The van der Waals surface area contributed by atoms with Crippen LogP contribution in [0.1, 0.15) is 10.5 Å². The molecular formula is C10H5BrN2O4. The van der Waals surface area contributed by atoms with E-state index in [1.54, 1.807) is 0 Å². The van der Waals surface area contributed by atoms with Crippen molar-refractivity contribution in [3.05, 3.63) is 44.7 Å². The highest BCUT2D eigenvalue weighted by atomic mass is 79.9. The number of fused-ring (bicyclic) bond motifs is 1. The summed E-state index contributed by atoms with van der Waals surface area (Å²) in [6.45, 7) is 0. The molecule has 1 aromatic carbocycles. The number of aromatic carboxylic acids is 1. The van der Waals surface area contributed by atoms with Gasteiger partial charge in [0.15, 0.2) is 5.69 Å². The fourth-order valence-corrected chi connectivity index (χ4v) is 2.00. The van der Waals surface area contributed by atoms with Gasteiger partial charge in [0.1, 0.15) is 0 Å². The Morgan fingerprint density at radius 1 is 1.41 bits per heavy atom. The highest BCUT2D eigenvalue weighted by Crippen LogP contribution is 2.30. The molecule has 0 saturated carbocycles. The lowest BCUT2D eigenvalue weighted by molar-refractivity contribution is -0.383. The van der Waals surface area contributed by atoms with Crippen molar-refractivity contribution < 1.29 is 14.8 Å². The third kappa shape index (κ3) is 1.96. The summed E-state index contributed by atoms with van der Waals surface area (Å²) in [5, 5.41) is 20.3. The van der Waals surface area contributed by atoms with Crippen molar-refractivity contribution in [1.82, 2.24) is 4.98 Å². The van der Waals surface area contributed by atoms with Gasteiger partial charge in [-0.2, -0.15) is 0 Å². The average Bonchev–Trinajstić information content (AvgIpc) is 2.26. The van der Waals surface area contributed by atoms with E-state index in [2.05, 4.69) is 20.9 Å². The summed E-state index contributed by atoms with van der Waals surface area (Å²) in [6, 6.07) is 4.25.